The van der Waals surface area contributed by atoms with Crippen LogP contribution in [0.25, 0.3) is 11.1 Å². The Morgan fingerprint density at radius 2 is 1.83 bits per heavy atom. The summed E-state index contributed by atoms with van der Waals surface area (Å²) in [6.45, 7) is 1.90. The smallest absolute Gasteiger partial charge is 0.255 e. The normalized spacial score (nSPS) is 25.2. The highest BCUT2D eigenvalue weighted by Crippen LogP contribution is 2.53. The number of rotatable bonds is 6. The number of fused-ring (bicyclic) bond motifs is 3. The second-order valence-electron chi connectivity index (χ2n) is 11.3. The van der Waals surface area contributed by atoms with Gasteiger partial charge in [0.2, 0.25) is 11.7 Å². The number of hydrogen-bond donors (Lipinski definition) is 6. The lowest BCUT2D eigenvalue weighted by Gasteiger charge is -2.50. The molecule has 0 aromatic heterocycles. The zero-order valence-electron chi connectivity index (χ0n) is 23.5. The van der Waals surface area contributed by atoms with Crippen molar-refractivity contribution in [1.29, 1.82) is 0 Å². The number of nitrogens with zero attached hydrogens (tertiary/aromatic N) is 1. The van der Waals surface area contributed by atoms with Gasteiger partial charge in [-0.2, -0.15) is 0 Å². The molecular formula is C31H33N3O8. The van der Waals surface area contributed by atoms with Gasteiger partial charge in [-0.1, -0.05) is 25.1 Å². The summed E-state index contributed by atoms with van der Waals surface area (Å²) in [7, 11) is 3.16. The Balaban J connectivity index is 1.65. The van der Waals surface area contributed by atoms with Gasteiger partial charge in [0, 0.05) is 23.6 Å². The van der Waals surface area contributed by atoms with Gasteiger partial charge >= 0.3 is 0 Å². The predicted octanol–water partition coefficient (Wildman–Crippen LogP) is 2.53. The van der Waals surface area contributed by atoms with Crippen LogP contribution in [0.4, 0.5) is 5.69 Å². The van der Waals surface area contributed by atoms with E-state index < -0.39 is 58.0 Å². The minimum absolute atomic E-state index is 0.00598. The molecule has 4 atom stereocenters. The summed E-state index contributed by atoms with van der Waals surface area (Å²) in [6.07, 6.45) is 1.21. The first-order valence-electron chi connectivity index (χ1n) is 13.7. The summed E-state index contributed by atoms with van der Waals surface area (Å²) < 4.78 is 0. The van der Waals surface area contributed by atoms with Crippen LogP contribution in [0.3, 0.4) is 0 Å². The molecule has 2 aromatic carbocycles. The number of ketones is 2. The van der Waals surface area contributed by atoms with Crippen molar-refractivity contribution in [3.8, 4) is 16.9 Å². The molecule has 0 aliphatic heterocycles. The molecule has 3 aliphatic rings. The summed E-state index contributed by atoms with van der Waals surface area (Å²) >= 11 is 0. The van der Waals surface area contributed by atoms with Crippen molar-refractivity contribution < 1.29 is 39.6 Å². The molecule has 0 saturated carbocycles. The molecule has 5 rings (SSSR count). The van der Waals surface area contributed by atoms with Gasteiger partial charge in [-0.25, -0.2) is 0 Å². The number of carbonyl (C=O) groups excluding carboxylic acids is 4. The lowest BCUT2D eigenvalue weighted by Crippen LogP contribution is -2.63. The Kier molecular flexibility index (Phi) is 7.20. The zero-order valence-corrected chi connectivity index (χ0v) is 23.5. The number of carbonyl (C=O) groups is 4. The number of amides is 2. The fraction of sp³-hybridized carbons (Fsp3) is 0.355. The molecule has 0 fully saturated rings. The third-order valence-corrected chi connectivity index (χ3v) is 8.54. The van der Waals surface area contributed by atoms with E-state index in [1.54, 1.807) is 38.4 Å². The molecule has 4 unspecified atom stereocenters. The van der Waals surface area contributed by atoms with Crippen LogP contribution >= 0.6 is 0 Å². The first-order valence-corrected chi connectivity index (χ1v) is 13.7. The van der Waals surface area contributed by atoms with Gasteiger partial charge in [0.05, 0.1) is 11.6 Å². The van der Waals surface area contributed by atoms with E-state index in [-0.39, 0.29) is 35.6 Å². The fourth-order valence-electron chi connectivity index (χ4n) is 6.74. The van der Waals surface area contributed by atoms with Crippen molar-refractivity contribution in [3.05, 3.63) is 70.2 Å². The van der Waals surface area contributed by atoms with Gasteiger partial charge in [-0.3, -0.25) is 24.1 Å². The van der Waals surface area contributed by atoms with Gasteiger partial charge in [0.1, 0.15) is 22.8 Å². The first kappa shape index (κ1) is 29.0. The molecule has 0 spiro atoms. The van der Waals surface area contributed by atoms with Gasteiger partial charge in [0.25, 0.3) is 5.91 Å². The Morgan fingerprint density at radius 1 is 1.12 bits per heavy atom. The lowest BCUT2D eigenvalue weighted by molar-refractivity contribution is -0.148. The monoisotopic (exact) mass is 575 g/mol. The Morgan fingerprint density at radius 3 is 2.48 bits per heavy atom. The number of primary amides is 1. The molecule has 0 saturated heterocycles. The maximum Gasteiger partial charge on any atom is 0.255 e. The van der Waals surface area contributed by atoms with E-state index in [1.807, 2.05) is 13.0 Å². The number of aliphatic hydroxyl groups excluding tert-OH is 2. The second-order valence-corrected chi connectivity index (χ2v) is 11.3. The van der Waals surface area contributed by atoms with Gasteiger partial charge in [-0.15, -0.1) is 0 Å². The summed E-state index contributed by atoms with van der Waals surface area (Å²) in [5.74, 6) is -7.11. The number of phenolic OH excluding ortho intramolecular Hbond substituents is 1. The Hall–Kier alpha value is -4.48. The summed E-state index contributed by atoms with van der Waals surface area (Å²) in [4.78, 5) is 53.2. The van der Waals surface area contributed by atoms with Crippen LogP contribution < -0.4 is 11.1 Å². The van der Waals surface area contributed by atoms with E-state index in [0.29, 0.717) is 35.2 Å². The summed E-state index contributed by atoms with van der Waals surface area (Å²) in [6, 6.07) is 9.04. The molecule has 2 amide bonds. The van der Waals surface area contributed by atoms with Crippen LogP contribution in [-0.4, -0.2) is 74.4 Å². The molecule has 42 heavy (non-hydrogen) atoms. The number of phenols is 1. The molecule has 0 heterocycles. The number of likely N-dealkylation sites (N-methyl/N-ethyl adjacent to an activating group) is 1. The van der Waals surface area contributed by atoms with Crippen molar-refractivity contribution in [2.45, 2.75) is 44.2 Å². The van der Waals surface area contributed by atoms with Crippen LogP contribution in [0.2, 0.25) is 0 Å². The van der Waals surface area contributed by atoms with Gasteiger partial charge in [-0.05, 0) is 74.2 Å². The zero-order chi connectivity index (χ0) is 30.7. The molecule has 7 N–H and O–H groups in total. The standard InChI is InChI=1S/C31H33N3O8/c1-4-6-21(36)33-16-8-5-7-14(11-16)17-9-10-20(35)23-18(17)12-15-13-19-25(34(2)3)27(38)24(30(32)41)29(40)31(19,42)28(39)22(15)26(23)37/h5,7-11,15,19,25,35,38-39,42H,4,6,12-13H2,1-3H3,(H2,32,41)(H,33,36). The number of aromatic hydroxyl groups is 1. The van der Waals surface area contributed by atoms with E-state index in [1.165, 1.54) is 11.0 Å². The first-order chi connectivity index (χ1) is 19.8. The van der Waals surface area contributed by atoms with E-state index in [4.69, 9.17) is 5.73 Å². The average molecular weight is 576 g/mol. The Bertz CT molecular complexity index is 1610. The maximum absolute atomic E-state index is 13.9. The number of allylic oxidation sites excluding steroid dienone is 1. The molecule has 11 nitrogen and oxygen atoms in total. The number of nitrogens with two attached hydrogens (primary N) is 1. The summed E-state index contributed by atoms with van der Waals surface area (Å²) in [5.41, 5.74) is 3.93. The van der Waals surface area contributed by atoms with Crippen LogP contribution in [-0.2, 0) is 20.8 Å². The van der Waals surface area contributed by atoms with E-state index in [9.17, 15) is 39.6 Å². The van der Waals surface area contributed by atoms with E-state index >= 15 is 0 Å². The largest absolute Gasteiger partial charge is 0.510 e. The molecule has 2 aromatic rings. The molecule has 3 aliphatic carbocycles. The third kappa shape index (κ3) is 4.27. The van der Waals surface area contributed by atoms with Crippen LogP contribution in [0, 0.1) is 11.8 Å². The summed E-state index contributed by atoms with van der Waals surface area (Å²) in [5, 5.41) is 47.8. The number of anilines is 1. The van der Waals surface area contributed by atoms with Gasteiger partial charge < -0.3 is 31.5 Å². The quantitative estimate of drug-likeness (QED) is 0.281. The minimum Gasteiger partial charge on any atom is -0.510 e. The highest BCUT2D eigenvalue weighted by Gasteiger charge is 2.63. The van der Waals surface area contributed by atoms with Crippen molar-refractivity contribution >= 4 is 29.1 Å². The molecule has 0 radical (unpaired) electrons. The number of benzene rings is 2. The number of nitrogens with one attached hydrogen (secondary N) is 1. The SMILES string of the molecule is CCCC(=O)Nc1cccc(-c2ccc(O)c3c2CC2CC4C(N(C)C)C(O)=C(C(N)=O)C(=O)C4(O)C(O)=C2C3=O)c1. The number of Topliss-reactive ketones (excluding diaryl/α,β-unsaturated/α-hetero) is 2. The van der Waals surface area contributed by atoms with Crippen molar-refractivity contribution in [2.75, 3.05) is 19.4 Å². The van der Waals surface area contributed by atoms with Gasteiger partial charge in [0.15, 0.2) is 11.4 Å². The maximum atomic E-state index is 13.9. The Labute approximate surface area is 241 Å². The predicted molar refractivity (Wildman–Crippen MR) is 153 cm³/mol. The van der Waals surface area contributed by atoms with E-state index in [2.05, 4.69) is 5.32 Å². The number of aliphatic hydroxyl groups is 3. The van der Waals surface area contributed by atoms with Crippen molar-refractivity contribution in [1.82, 2.24) is 4.90 Å². The van der Waals surface area contributed by atoms with Crippen LogP contribution in [0.5, 0.6) is 5.75 Å². The van der Waals surface area contributed by atoms with Crippen molar-refractivity contribution in [2.24, 2.45) is 17.6 Å². The minimum atomic E-state index is -2.69. The van der Waals surface area contributed by atoms with Crippen molar-refractivity contribution in [3.63, 3.8) is 0 Å². The molecule has 220 valence electrons. The highest BCUT2D eigenvalue weighted by atomic mass is 16.3. The van der Waals surface area contributed by atoms with Crippen LogP contribution in [0.1, 0.15) is 42.1 Å². The molecular weight excluding hydrogens is 542 g/mol. The fourth-order valence-corrected chi connectivity index (χ4v) is 6.74. The van der Waals surface area contributed by atoms with E-state index in [0.717, 1.165) is 0 Å². The third-order valence-electron chi connectivity index (χ3n) is 8.54. The lowest BCUT2D eigenvalue weighted by atomic mass is 9.58. The highest BCUT2D eigenvalue weighted by molar-refractivity contribution is 6.25. The number of hydrogen-bond acceptors (Lipinski definition) is 9. The van der Waals surface area contributed by atoms with Crippen LogP contribution in [0.15, 0.2) is 59.1 Å². The second kappa shape index (κ2) is 10.4. The molecule has 0 bridgehead atoms. The molecule has 11 heteroatoms. The topological polar surface area (TPSA) is 190 Å². The average Bonchev–Trinajstić information content (AvgIpc) is 2.90.